The van der Waals surface area contributed by atoms with E-state index in [-0.39, 0.29) is 12.5 Å². The molecule has 9 heteroatoms. The Morgan fingerprint density at radius 3 is 1.35 bits per heavy atom. The van der Waals surface area contributed by atoms with Crippen LogP contribution in [-0.4, -0.2) is 87.5 Å². The van der Waals surface area contributed by atoms with E-state index in [1.807, 2.05) is 6.08 Å². The summed E-state index contributed by atoms with van der Waals surface area (Å²) in [5.74, 6) is -0.178. The maximum absolute atomic E-state index is 13.0. The van der Waals surface area contributed by atoms with Crippen molar-refractivity contribution in [2.24, 2.45) is 0 Å². The average Bonchev–Trinajstić information content (AvgIpc) is 3.34. The van der Waals surface area contributed by atoms with Crippen molar-refractivity contribution in [1.29, 1.82) is 0 Å². The predicted molar refractivity (Wildman–Crippen MR) is 285 cm³/mol. The fourth-order valence-electron chi connectivity index (χ4n) is 8.60. The Morgan fingerprint density at radius 2 is 0.912 bits per heavy atom. The minimum absolute atomic E-state index is 0.178. The van der Waals surface area contributed by atoms with Crippen LogP contribution in [0.1, 0.15) is 239 Å². The van der Waals surface area contributed by atoms with Gasteiger partial charge in [0.05, 0.1) is 25.4 Å². The Labute approximate surface area is 417 Å². The molecule has 6 N–H and O–H groups in total. The van der Waals surface area contributed by atoms with Crippen LogP contribution in [0.2, 0.25) is 0 Å². The number of unbranched alkanes of at least 4 members (excludes halogenated alkanes) is 27. The summed E-state index contributed by atoms with van der Waals surface area (Å²) >= 11 is 0. The van der Waals surface area contributed by atoms with Crippen molar-refractivity contribution in [2.45, 2.75) is 281 Å². The van der Waals surface area contributed by atoms with Crippen LogP contribution in [-0.2, 0) is 14.3 Å². The van der Waals surface area contributed by atoms with E-state index in [0.717, 1.165) is 70.6 Å². The first-order valence-corrected chi connectivity index (χ1v) is 28.2. The molecule has 1 fully saturated rings. The first kappa shape index (κ1) is 63.6. The van der Waals surface area contributed by atoms with E-state index in [2.05, 4.69) is 79.9 Å². The largest absolute Gasteiger partial charge is 0.394 e. The van der Waals surface area contributed by atoms with E-state index < -0.39 is 49.5 Å². The third-order valence-electron chi connectivity index (χ3n) is 13.0. The lowest BCUT2D eigenvalue weighted by Crippen LogP contribution is -2.60. The molecular weight excluding hydrogens is 851 g/mol. The van der Waals surface area contributed by atoms with Gasteiger partial charge in [0, 0.05) is 6.42 Å². The number of hydrogen-bond donors (Lipinski definition) is 6. The predicted octanol–water partition coefficient (Wildman–Crippen LogP) is 13.7. The molecule has 0 aromatic carbocycles. The number of ether oxygens (including phenoxy) is 2. The highest BCUT2D eigenvalue weighted by Crippen LogP contribution is 2.23. The molecule has 1 aliphatic rings. The maximum atomic E-state index is 13.0. The maximum Gasteiger partial charge on any atom is 0.220 e. The van der Waals surface area contributed by atoms with Crippen LogP contribution in [0.4, 0.5) is 0 Å². The van der Waals surface area contributed by atoms with Crippen LogP contribution in [0, 0.1) is 0 Å². The van der Waals surface area contributed by atoms with Crippen LogP contribution in [0.3, 0.4) is 0 Å². The zero-order valence-corrected chi connectivity index (χ0v) is 43.6. The molecule has 394 valence electrons. The molecule has 1 heterocycles. The van der Waals surface area contributed by atoms with Crippen LogP contribution in [0.5, 0.6) is 0 Å². The molecule has 7 atom stereocenters. The molecule has 0 spiro atoms. The molecule has 1 aliphatic heterocycles. The van der Waals surface area contributed by atoms with Gasteiger partial charge in [-0.1, -0.05) is 241 Å². The zero-order chi connectivity index (χ0) is 49.4. The van der Waals surface area contributed by atoms with Gasteiger partial charge in [0.15, 0.2) is 6.29 Å². The van der Waals surface area contributed by atoms with E-state index in [1.165, 1.54) is 148 Å². The van der Waals surface area contributed by atoms with Gasteiger partial charge in [-0.05, 0) is 64.2 Å². The molecule has 0 saturated carbocycles. The molecule has 68 heavy (non-hydrogen) atoms. The molecular formula is C59H105NO8. The number of nitrogens with one attached hydrogen (secondary N) is 1. The van der Waals surface area contributed by atoms with Gasteiger partial charge in [-0.25, -0.2) is 0 Å². The van der Waals surface area contributed by atoms with Gasteiger partial charge in [0.2, 0.25) is 5.91 Å². The standard InChI is InChI=1S/C59H105NO8/c1-3-5-7-9-11-13-15-17-18-19-20-21-22-23-24-25-26-27-28-29-30-31-32-33-34-35-36-37-39-41-43-45-47-49-55(63)60-52(51-67-59-58(66)57(65)56(64)54(50-61)68-59)53(62)48-46-44-42-40-38-16-14-12-10-8-6-4-2/h5,7,11,13,17-18,20-21,23-24,46,48,52-54,56-59,61-62,64-66H,3-4,6,8-10,12,14-16,19,22,25-45,47,49-51H2,1-2H3,(H,60,63)/b7-5-,13-11-,18-17-,21-20-,24-23-,48-46+. The number of hydrogen-bond acceptors (Lipinski definition) is 8. The summed E-state index contributed by atoms with van der Waals surface area (Å²) in [6.45, 7) is 3.65. The van der Waals surface area contributed by atoms with Crippen molar-refractivity contribution in [3.63, 3.8) is 0 Å². The minimum atomic E-state index is -1.57. The summed E-state index contributed by atoms with van der Waals surface area (Å²) in [6.07, 6.45) is 59.7. The van der Waals surface area contributed by atoms with E-state index in [9.17, 15) is 30.3 Å². The van der Waals surface area contributed by atoms with Crippen molar-refractivity contribution in [1.82, 2.24) is 5.32 Å². The Kier molecular flexibility index (Phi) is 45.2. The van der Waals surface area contributed by atoms with Gasteiger partial charge in [0.25, 0.3) is 0 Å². The second kappa shape index (κ2) is 48.3. The lowest BCUT2D eigenvalue weighted by atomic mass is 9.99. The third kappa shape index (κ3) is 37.5. The lowest BCUT2D eigenvalue weighted by molar-refractivity contribution is -0.302. The molecule has 0 aromatic rings. The van der Waals surface area contributed by atoms with Gasteiger partial charge in [0.1, 0.15) is 24.4 Å². The van der Waals surface area contributed by atoms with Crippen LogP contribution in [0.15, 0.2) is 72.9 Å². The van der Waals surface area contributed by atoms with Crippen LogP contribution in [0.25, 0.3) is 0 Å². The second-order valence-electron chi connectivity index (χ2n) is 19.4. The monoisotopic (exact) mass is 956 g/mol. The smallest absolute Gasteiger partial charge is 0.220 e. The number of carbonyl (C=O) groups excluding carboxylic acids is 1. The summed E-state index contributed by atoms with van der Waals surface area (Å²) in [7, 11) is 0. The third-order valence-corrected chi connectivity index (χ3v) is 13.0. The van der Waals surface area contributed by atoms with E-state index in [4.69, 9.17) is 9.47 Å². The van der Waals surface area contributed by atoms with Gasteiger partial charge < -0.3 is 40.3 Å². The average molecular weight is 956 g/mol. The van der Waals surface area contributed by atoms with Crippen molar-refractivity contribution >= 4 is 5.91 Å². The molecule has 0 aromatic heterocycles. The zero-order valence-electron chi connectivity index (χ0n) is 43.6. The molecule has 1 saturated heterocycles. The summed E-state index contributed by atoms with van der Waals surface area (Å²) < 4.78 is 11.2. The fourth-order valence-corrected chi connectivity index (χ4v) is 8.60. The Morgan fingerprint density at radius 1 is 0.515 bits per heavy atom. The number of carbonyl (C=O) groups is 1. The number of rotatable bonds is 47. The number of aliphatic hydroxyl groups is 5. The van der Waals surface area contributed by atoms with Crippen LogP contribution >= 0.6 is 0 Å². The SMILES string of the molecule is CC/C=C\C/C=C\C/C=C\C/C=C\C/C=C\CCCCCCCCCCCCCCCCCCCC(=O)NC(COC1OC(CO)C(O)C(O)C1O)C(O)/C=C/CCCCCCCCCCCC. The Bertz CT molecular complexity index is 1290. The summed E-state index contributed by atoms with van der Waals surface area (Å²) in [4.78, 5) is 13.0. The van der Waals surface area contributed by atoms with Gasteiger partial charge in [-0.15, -0.1) is 0 Å². The molecule has 1 rings (SSSR count). The molecule has 0 bridgehead atoms. The van der Waals surface area contributed by atoms with E-state index in [1.54, 1.807) is 6.08 Å². The van der Waals surface area contributed by atoms with Gasteiger partial charge in [-0.2, -0.15) is 0 Å². The van der Waals surface area contributed by atoms with Gasteiger partial charge >= 0.3 is 0 Å². The Balaban J connectivity index is 2.12. The summed E-state index contributed by atoms with van der Waals surface area (Å²) in [6, 6.07) is -0.805. The highest BCUT2D eigenvalue weighted by molar-refractivity contribution is 5.76. The van der Waals surface area contributed by atoms with Gasteiger partial charge in [-0.3, -0.25) is 4.79 Å². The van der Waals surface area contributed by atoms with Crippen molar-refractivity contribution in [3.8, 4) is 0 Å². The number of amides is 1. The molecule has 0 aliphatic carbocycles. The van der Waals surface area contributed by atoms with Crippen molar-refractivity contribution in [2.75, 3.05) is 13.2 Å². The lowest BCUT2D eigenvalue weighted by Gasteiger charge is -2.40. The first-order valence-electron chi connectivity index (χ1n) is 28.2. The normalized spacial score (nSPS) is 20.1. The topological polar surface area (TPSA) is 149 Å². The molecule has 1 amide bonds. The second-order valence-corrected chi connectivity index (χ2v) is 19.4. The Hall–Kier alpha value is -2.37. The highest BCUT2D eigenvalue weighted by atomic mass is 16.7. The molecule has 0 radical (unpaired) electrons. The highest BCUT2D eigenvalue weighted by Gasteiger charge is 2.44. The van der Waals surface area contributed by atoms with Crippen LogP contribution < -0.4 is 5.32 Å². The number of aliphatic hydroxyl groups excluding tert-OH is 5. The minimum Gasteiger partial charge on any atom is -0.394 e. The number of allylic oxidation sites excluding steroid dienone is 11. The summed E-state index contributed by atoms with van der Waals surface area (Å²) in [5.41, 5.74) is 0. The molecule has 9 nitrogen and oxygen atoms in total. The van der Waals surface area contributed by atoms with E-state index in [0.29, 0.717) is 6.42 Å². The quantitative estimate of drug-likeness (QED) is 0.0261. The fraction of sp³-hybridized carbons (Fsp3) is 0.780. The summed E-state index contributed by atoms with van der Waals surface area (Å²) in [5, 5.41) is 54.3. The first-order chi connectivity index (χ1) is 33.3. The van der Waals surface area contributed by atoms with Crippen molar-refractivity contribution < 1.29 is 39.8 Å². The van der Waals surface area contributed by atoms with Crippen molar-refractivity contribution in [3.05, 3.63) is 72.9 Å². The van der Waals surface area contributed by atoms with E-state index >= 15 is 0 Å². The molecule has 7 unspecified atom stereocenters.